The van der Waals surface area contributed by atoms with Gasteiger partial charge < -0.3 is 14.8 Å². The lowest BCUT2D eigenvalue weighted by Crippen LogP contribution is -2.04. The van der Waals surface area contributed by atoms with Gasteiger partial charge in [0.25, 0.3) is 0 Å². The van der Waals surface area contributed by atoms with Crippen LogP contribution in [0.4, 0.5) is 10.1 Å². The number of nitrogens with one attached hydrogen (secondary N) is 1. The van der Waals surface area contributed by atoms with Gasteiger partial charge in [-0.05, 0) is 37.3 Å². The molecule has 2 rings (SSSR count). The van der Waals surface area contributed by atoms with Crippen LogP contribution in [-0.2, 0) is 6.54 Å². The monoisotopic (exact) mass is 275 g/mol. The SMILES string of the molecule is COc1ccc(OC)c(CNc2cccc(F)c2C)c1. The van der Waals surface area contributed by atoms with Crippen molar-refractivity contribution in [2.45, 2.75) is 13.5 Å². The molecule has 0 aromatic heterocycles. The summed E-state index contributed by atoms with van der Waals surface area (Å²) in [6.45, 7) is 2.28. The zero-order valence-electron chi connectivity index (χ0n) is 11.9. The van der Waals surface area contributed by atoms with Crippen molar-refractivity contribution in [2.75, 3.05) is 19.5 Å². The van der Waals surface area contributed by atoms with Gasteiger partial charge in [0.15, 0.2) is 0 Å². The molecule has 0 saturated carbocycles. The van der Waals surface area contributed by atoms with E-state index in [-0.39, 0.29) is 5.82 Å². The minimum atomic E-state index is -0.215. The fourth-order valence-corrected chi connectivity index (χ4v) is 2.01. The Morgan fingerprint density at radius 2 is 1.90 bits per heavy atom. The average molecular weight is 275 g/mol. The first-order chi connectivity index (χ1) is 9.65. The summed E-state index contributed by atoms with van der Waals surface area (Å²) in [4.78, 5) is 0. The van der Waals surface area contributed by atoms with E-state index in [2.05, 4.69) is 5.32 Å². The highest BCUT2D eigenvalue weighted by atomic mass is 19.1. The summed E-state index contributed by atoms with van der Waals surface area (Å²) in [7, 11) is 3.24. The minimum Gasteiger partial charge on any atom is -0.497 e. The Hall–Kier alpha value is -2.23. The summed E-state index contributed by atoms with van der Waals surface area (Å²) in [5.41, 5.74) is 2.33. The standard InChI is InChI=1S/C16H18FNO2/c1-11-14(17)5-4-6-15(11)18-10-12-9-13(19-2)7-8-16(12)20-3/h4-9,18H,10H2,1-3H3. The zero-order chi connectivity index (χ0) is 14.5. The van der Waals surface area contributed by atoms with Crippen LogP contribution in [0.15, 0.2) is 36.4 Å². The van der Waals surface area contributed by atoms with Crippen LogP contribution < -0.4 is 14.8 Å². The quantitative estimate of drug-likeness (QED) is 0.901. The van der Waals surface area contributed by atoms with Gasteiger partial charge in [-0.15, -0.1) is 0 Å². The van der Waals surface area contributed by atoms with Crippen LogP contribution >= 0.6 is 0 Å². The minimum absolute atomic E-state index is 0.215. The molecule has 0 bridgehead atoms. The Morgan fingerprint density at radius 3 is 2.60 bits per heavy atom. The second kappa shape index (κ2) is 6.28. The van der Waals surface area contributed by atoms with E-state index in [0.717, 1.165) is 22.7 Å². The first kappa shape index (κ1) is 14.2. The second-order valence-electron chi connectivity index (χ2n) is 4.44. The molecule has 0 aliphatic rings. The number of benzene rings is 2. The van der Waals surface area contributed by atoms with Crippen LogP contribution in [0.3, 0.4) is 0 Å². The van der Waals surface area contributed by atoms with Crippen molar-refractivity contribution in [3.63, 3.8) is 0 Å². The summed E-state index contributed by atoms with van der Waals surface area (Å²) in [6, 6.07) is 10.6. The maximum absolute atomic E-state index is 13.5. The van der Waals surface area contributed by atoms with Gasteiger partial charge in [0.2, 0.25) is 0 Å². The molecule has 1 N–H and O–H groups in total. The molecule has 0 atom stereocenters. The smallest absolute Gasteiger partial charge is 0.128 e. The highest BCUT2D eigenvalue weighted by Crippen LogP contribution is 2.25. The molecule has 0 saturated heterocycles. The predicted octanol–water partition coefficient (Wildman–Crippen LogP) is 3.76. The van der Waals surface area contributed by atoms with E-state index in [1.54, 1.807) is 27.2 Å². The van der Waals surface area contributed by atoms with E-state index in [1.807, 2.05) is 24.3 Å². The molecule has 4 heteroatoms. The van der Waals surface area contributed by atoms with Crippen LogP contribution in [0.25, 0.3) is 0 Å². The van der Waals surface area contributed by atoms with E-state index >= 15 is 0 Å². The molecule has 2 aromatic rings. The van der Waals surface area contributed by atoms with Gasteiger partial charge in [0.1, 0.15) is 17.3 Å². The Bertz CT molecular complexity index is 599. The predicted molar refractivity (Wildman–Crippen MR) is 78.0 cm³/mol. The first-order valence-corrected chi connectivity index (χ1v) is 6.35. The second-order valence-corrected chi connectivity index (χ2v) is 4.44. The molecule has 3 nitrogen and oxygen atoms in total. The molecule has 0 spiro atoms. The Kier molecular flexibility index (Phi) is 4.45. The highest BCUT2D eigenvalue weighted by molar-refractivity contribution is 5.52. The molecular formula is C16H18FNO2. The third-order valence-electron chi connectivity index (χ3n) is 3.22. The van der Waals surface area contributed by atoms with Crippen molar-refractivity contribution < 1.29 is 13.9 Å². The van der Waals surface area contributed by atoms with Gasteiger partial charge in [0.05, 0.1) is 14.2 Å². The molecule has 0 aliphatic heterocycles. The van der Waals surface area contributed by atoms with Crippen molar-refractivity contribution in [1.82, 2.24) is 0 Å². The van der Waals surface area contributed by atoms with E-state index in [9.17, 15) is 4.39 Å². The van der Waals surface area contributed by atoms with E-state index < -0.39 is 0 Å². The van der Waals surface area contributed by atoms with Crippen molar-refractivity contribution in [1.29, 1.82) is 0 Å². The summed E-state index contributed by atoms with van der Waals surface area (Å²) in [5.74, 6) is 1.32. The molecule has 106 valence electrons. The van der Waals surface area contributed by atoms with Crippen molar-refractivity contribution in [3.8, 4) is 11.5 Å². The fraction of sp³-hybridized carbons (Fsp3) is 0.250. The third kappa shape index (κ3) is 3.02. The van der Waals surface area contributed by atoms with Gasteiger partial charge >= 0.3 is 0 Å². The maximum atomic E-state index is 13.5. The summed E-state index contributed by atoms with van der Waals surface area (Å²) in [5, 5.41) is 3.22. The van der Waals surface area contributed by atoms with Gasteiger partial charge in [0, 0.05) is 23.4 Å². The van der Waals surface area contributed by atoms with Gasteiger partial charge in [-0.2, -0.15) is 0 Å². The normalized spacial score (nSPS) is 10.2. The number of methoxy groups -OCH3 is 2. The lowest BCUT2D eigenvalue weighted by atomic mass is 10.1. The summed E-state index contributed by atoms with van der Waals surface area (Å²) in [6.07, 6.45) is 0. The molecule has 0 radical (unpaired) electrons. The molecule has 0 fully saturated rings. The largest absolute Gasteiger partial charge is 0.497 e. The number of hydrogen-bond acceptors (Lipinski definition) is 3. The van der Waals surface area contributed by atoms with Crippen LogP contribution in [0, 0.1) is 12.7 Å². The third-order valence-corrected chi connectivity index (χ3v) is 3.22. The number of hydrogen-bond donors (Lipinski definition) is 1. The number of anilines is 1. The lowest BCUT2D eigenvalue weighted by molar-refractivity contribution is 0.399. The summed E-state index contributed by atoms with van der Waals surface area (Å²) < 4.78 is 24.0. The van der Waals surface area contributed by atoms with Crippen LogP contribution in [-0.4, -0.2) is 14.2 Å². The molecule has 0 heterocycles. The Labute approximate surface area is 118 Å². The first-order valence-electron chi connectivity index (χ1n) is 6.35. The van der Waals surface area contributed by atoms with Gasteiger partial charge in [-0.3, -0.25) is 0 Å². The lowest BCUT2D eigenvalue weighted by Gasteiger charge is -2.13. The van der Waals surface area contributed by atoms with Gasteiger partial charge in [-0.25, -0.2) is 4.39 Å². The Morgan fingerprint density at radius 1 is 1.10 bits per heavy atom. The molecule has 0 aliphatic carbocycles. The molecule has 20 heavy (non-hydrogen) atoms. The number of ether oxygens (including phenoxy) is 2. The van der Waals surface area contributed by atoms with Crippen LogP contribution in [0.1, 0.15) is 11.1 Å². The fourth-order valence-electron chi connectivity index (χ4n) is 2.01. The number of rotatable bonds is 5. The van der Waals surface area contributed by atoms with E-state index in [4.69, 9.17) is 9.47 Å². The molecule has 0 unspecified atom stereocenters. The Balaban J connectivity index is 2.19. The molecule has 0 amide bonds. The van der Waals surface area contributed by atoms with Crippen molar-refractivity contribution in [3.05, 3.63) is 53.3 Å². The maximum Gasteiger partial charge on any atom is 0.128 e. The van der Waals surface area contributed by atoms with E-state index in [0.29, 0.717) is 12.1 Å². The van der Waals surface area contributed by atoms with Crippen LogP contribution in [0.5, 0.6) is 11.5 Å². The molecule has 2 aromatic carbocycles. The molecular weight excluding hydrogens is 257 g/mol. The summed E-state index contributed by atoms with van der Waals surface area (Å²) >= 11 is 0. The van der Waals surface area contributed by atoms with Crippen molar-refractivity contribution >= 4 is 5.69 Å². The van der Waals surface area contributed by atoms with Crippen molar-refractivity contribution in [2.24, 2.45) is 0 Å². The van der Waals surface area contributed by atoms with Crippen LogP contribution in [0.2, 0.25) is 0 Å². The van der Waals surface area contributed by atoms with E-state index in [1.165, 1.54) is 6.07 Å². The highest BCUT2D eigenvalue weighted by Gasteiger charge is 2.07. The zero-order valence-corrected chi connectivity index (χ0v) is 11.9. The topological polar surface area (TPSA) is 30.5 Å². The van der Waals surface area contributed by atoms with Gasteiger partial charge in [-0.1, -0.05) is 6.07 Å². The number of halogens is 1. The average Bonchev–Trinajstić information content (AvgIpc) is 2.48.